The smallest absolute Gasteiger partial charge is 0.228 e. The van der Waals surface area contributed by atoms with E-state index in [1.807, 2.05) is 0 Å². The molecule has 1 aliphatic carbocycles. The van der Waals surface area contributed by atoms with E-state index in [1.54, 1.807) is 12.1 Å². The van der Waals surface area contributed by atoms with E-state index in [2.05, 4.69) is 10.1 Å². The van der Waals surface area contributed by atoms with Crippen LogP contribution in [0.15, 0.2) is 22.7 Å². The first-order valence-electron chi connectivity index (χ1n) is 6.63. The van der Waals surface area contributed by atoms with Crippen molar-refractivity contribution in [1.29, 1.82) is 0 Å². The molecule has 20 heavy (non-hydrogen) atoms. The number of nitrogens with two attached hydrogens (primary N) is 1. The standard InChI is InChI=1S/C14H15ClFN3O/c15-10-2-1-3-11(16)9(10)6-13-18-14(20-19-13)7-12(17)8-4-5-8/h1-3,8,12H,4-7,17H2. The number of hydrogen-bond acceptors (Lipinski definition) is 4. The van der Waals surface area contributed by atoms with Gasteiger partial charge in [0.15, 0.2) is 5.82 Å². The van der Waals surface area contributed by atoms with Crippen LogP contribution in [-0.4, -0.2) is 16.2 Å². The van der Waals surface area contributed by atoms with Crippen molar-refractivity contribution in [3.63, 3.8) is 0 Å². The van der Waals surface area contributed by atoms with Crippen LogP contribution in [0.4, 0.5) is 4.39 Å². The quantitative estimate of drug-likeness (QED) is 0.921. The van der Waals surface area contributed by atoms with Gasteiger partial charge in [0.05, 0.1) is 0 Å². The second-order valence-electron chi connectivity index (χ2n) is 5.19. The van der Waals surface area contributed by atoms with Crippen LogP contribution < -0.4 is 5.73 Å². The maximum Gasteiger partial charge on any atom is 0.228 e. The summed E-state index contributed by atoms with van der Waals surface area (Å²) in [6, 6.07) is 4.65. The minimum Gasteiger partial charge on any atom is -0.339 e. The second-order valence-corrected chi connectivity index (χ2v) is 5.59. The van der Waals surface area contributed by atoms with Crippen LogP contribution in [0.1, 0.15) is 30.1 Å². The summed E-state index contributed by atoms with van der Waals surface area (Å²) in [7, 11) is 0. The number of nitrogens with zero attached hydrogens (tertiary/aromatic N) is 2. The van der Waals surface area contributed by atoms with Crippen molar-refractivity contribution < 1.29 is 8.91 Å². The number of halogens is 2. The van der Waals surface area contributed by atoms with E-state index < -0.39 is 0 Å². The molecule has 4 nitrogen and oxygen atoms in total. The van der Waals surface area contributed by atoms with Gasteiger partial charge in [-0.3, -0.25) is 0 Å². The van der Waals surface area contributed by atoms with E-state index in [0.717, 1.165) is 0 Å². The van der Waals surface area contributed by atoms with Crippen molar-refractivity contribution >= 4 is 11.6 Å². The third-order valence-corrected chi connectivity index (χ3v) is 3.90. The fraction of sp³-hybridized carbons (Fsp3) is 0.429. The Hall–Kier alpha value is -1.46. The summed E-state index contributed by atoms with van der Waals surface area (Å²) in [5, 5.41) is 4.23. The minimum atomic E-state index is -0.362. The van der Waals surface area contributed by atoms with Crippen molar-refractivity contribution in [3.05, 3.63) is 46.3 Å². The molecule has 1 saturated carbocycles. The van der Waals surface area contributed by atoms with E-state index in [4.69, 9.17) is 21.9 Å². The molecule has 1 aromatic carbocycles. The Morgan fingerprint density at radius 3 is 2.95 bits per heavy atom. The van der Waals surface area contributed by atoms with Crippen LogP contribution in [0.3, 0.4) is 0 Å². The summed E-state index contributed by atoms with van der Waals surface area (Å²) >= 11 is 5.97. The molecule has 1 aliphatic rings. The van der Waals surface area contributed by atoms with Gasteiger partial charge in [-0.1, -0.05) is 22.8 Å². The van der Waals surface area contributed by atoms with Crippen LogP contribution in [-0.2, 0) is 12.8 Å². The van der Waals surface area contributed by atoms with Gasteiger partial charge in [-0.2, -0.15) is 4.98 Å². The second kappa shape index (κ2) is 5.50. The van der Waals surface area contributed by atoms with Gasteiger partial charge < -0.3 is 10.3 Å². The van der Waals surface area contributed by atoms with Gasteiger partial charge in [-0.05, 0) is 30.9 Å². The van der Waals surface area contributed by atoms with Gasteiger partial charge in [-0.15, -0.1) is 0 Å². The molecule has 0 radical (unpaired) electrons. The van der Waals surface area contributed by atoms with Crippen LogP contribution in [0.25, 0.3) is 0 Å². The highest BCUT2D eigenvalue weighted by atomic mass is 35.5. The summed E-state index contributed by atoms with van der Waals surface area (Å²) in [6.45, 7) is 0. The Morgan fingerprint density at radius 2 is 2.25 bits per heavy atom. The van der Waals surface area contributed by atoms with Gasteiger partial charge >= 0.3 is 0 Å². The zero-order chi connectivity index (χ0) is 14.1. The molecule has 0 saturated heterocycles. The Labute approximate surface area is 121 Å². The lowest BCUT2D eigenvalue weighted by atomic mass is 10.1. The zero-order valence-corrected chi connectivity index (χ0v) is 11.6. The number of benzene rings is 1. The summed E-state index contributed by atoms with van der Waals surface area (Å²) in [5.74, 6) is 1.15. The highest BCUT2D eigenvalue weighted by molar-refractivity contribution is 6.31. The maximum atomic E-state index is 13.7. The SMILES string of the molecule is NC(Cc1nc(Cc2c(F)cccc2Cl)no1)C1CC1. The zero-order valence-electron chi connectivity index (χ0n) is 10.9. The largest absolute Gasteiger partial charge is 0.339 e. The van der Waals surface area contributed by atoms with Gasteiger partial charge in [0.1, 0.15) is 5.82 Å². The first-order valence-corrected chi connectivity index (χ1v) is 7.01. The predicted octanol–water partition coefficient (Wildman–Crippen LogP) is 2.73. The number of aromatic nitrogens is 2. The average molecular weight is 296 g/mol. The van der Waals surface area contributed by atoms with E-state index in [-0.39, 0.29) is 18.3 Å². The summed E-state index contributed by atoms with van der Waals surface area (Å²) < 4.78 is 18.8. The van der Waals surface area contributed by atoms with Gasteiger partial charge in [0.2, 0.25) is 5.89 Å². The third kappa shape index (κ3) is 2.99. The molecule has 1 atom stereocenters. The third-order valence-electron chi connectivity index (χ3n) is 3.54. The van der Waals surface area contributed by atoms with Crippen LogP contribution in [0, 0.1) is 11.7 Å². The summed E-state index contributed by atoms with van der Waals surface area (Å²) in [6.07, 6.45) is 3.14. The molecule has 2 aromatic rings. The minimum absolute atomic E-state index is 0.0698. The molecule has 2 N–H and O–H groups in total. The van der Waals surface area contributed by atoms with Gasteiger partial charge in [-0.25, -0.2) is 4.39 Å². The van der Waals surface area contributed by atoms with Crippen molar-refractivity contribution in [2.24, 2.45) is 11.7 Å². The first-order chi connectivity index (χ1) is 9.63. The van der Waals surface area contributed by atoms with Crippen molar-refractivity contribution in [1.82, 2.24) is 10.1 Å². The molecule has 0 aliphatic heterocycles. The van der Waals surface area contributed by atoms with Crippen molar-refractivity contribution in [2.45, 2.75) is 31.7 Å². The Kier molecular flexibility index (Phi) is 3.72. The van der Waals surface area contributed by atoms with Crippen LogP contribution in [0.2, 0.25) is 5.02 Å². The fourth-order valence-electron chi connectivity index (χ4n) is 2.20. The highest BCUT2D eigenvalue weighted by Crippen LogP contribution is 2.32. The van der Waals surface area contributed by atoms with Crippen molar-refractivity contribution in [2.75, 3.05) is 0 Å². The number of hydrogen-bond donors (Lipinski definition) is 1. The van der Waals surface area contributed by atoms with Crippen LogP contribution >= 0.6 is 11.6 Å². The Bertz CT molecular complexity index is 592. The molecular formula is C14H15ClFN3O. The lowest BCUT2D eigenvalue weighted by Gasteiger charge is -2.04. The maximum absolute atomic E-state index is 13.7. The predicted molar refractivity (Wildman–Crippen MR) is 72.9 cm³/mol. The molecule has 0 spiro atoms. The molecule has 1 aromatic heterocycles. The first kappa shape index (κ1) is 13.5. The monoisotopic (exact) mass is 295 g/mol. The normalized spacial score (nSPS) is 16.4. The average Bonchev–Trinajstić information content (AvgIpc) is 3.17. The molecule has 1 unspecified atom stereocenters. The summed E-state index contributed by atoms with van der Waals surface area (Å²) in [5.41, 5.74) is 6.39. The Morgan fingerprint density at radius 1 is 1.45 bits per heavy atom. The highest BCUT2D eigenvalue weighted by Gasteiger charge is 2.29. The van der Waals surface area contributed by atoms with Gasteiger partial charge in [0.25, 0.3) is 0 Å². The Balaban J connectivity index is 1.70. The van der Waals surface area contributed by atoms with Crippen LogP contribution in [0.5, 0.6) is 0 Å². The van der Waals surface area contributed by atoms with Crippen molar-refractivity contribution in [3.8, 4) is 0 Å². The lowest BCUT2D eigenvalue weighted by Crippen LogP contribution is -2.25. The number of rotatable bonds is 5. The lowest BCUT2D eigenvalue weighted by molar-refractivity contribution is 0.359. The molecule has 1 fully saturated rings. The molecule has 6 heteroatoms. The molecule has 1 heterocycles. The van der Waals surface area contributed by atoms with E-state index in [0.29, 0.717) is 34.6 Å². The topological polar surface area (TPSA) is 64.9 Å². The molecular weight excluding hydrogens is 281 g/mol. The van der Waals surface area contributed by atoms with Gasteiger partial charge in [0, 0.05) is 29.5 Å². The molecule has 3 rings (SSSR count). The molecule has 0 amide bonds. The molecule has 106 valence electrons. The van der Waals surface area contributed by atoms with E-state index in [9.17, 15) is 4.39 Å². The van der Waals surface area contributed by atoms with E-state index in [1.165, 1.54) is 18.9 Å². The fourth-order valence-corrected chi connectivity index (χ4v) is 2.43. The summed E-state index contributed by atoms with van der Waals surface area (Å²) in [4.78, 5) is 4.25. The van der Waals surface area contributed by atoms with E-state index >= 15 is 0 Å². The molecule has 0 bridgehead atoms.